The lowest BCUT2D eigenvalue weighted by molar-refractivity contribution is -0.137. The number of imide groups is 1. The lowest BCUT2D eigenvalue weighted by Gasteiger charge is -2.33. The number of hydrogen-bond acceptors (Lipinski definition) is 6. The highest BCUT2D eigenvalue weighted by molar-refractivity contribution is 7.89. The predicted octanol–water partition coefficient (Wildman–Crippen LogP) is -2.04. The normalized spacial score (nSPS) is 25.9. The Morgan fingerprint density at radius 2 is 1.90 bits per heavy atom. The Morgan fingerprint density at radius 3 is 2.52 bits per heavy atom. The zero-order valence-electron chi connectivity index (χ0n) is 12.2. The van der Waals surface area contributed by atoms with Crippen molar-refractivity contribution >= 4 is 21.8 Å². The maximum absolute atomic E-state index is 12.4. The first kappa shape index (κ1) is 16.3. The summed E-state index contributed by atoms with van der Waals surface area (Å²) in [5.41, 5.74) is 0. The highest BCUT2D eigenvalue weighted by Crippen LogP contribution is 2.15. The van der Waals surface area contributed by atoms with Crippen molar-refractivity contribution in [3.63, 3.8) is 0 Å². The van der Waals surface area contributed by atoms with E-state index in [4.69, 9.17) is 0 Å². The summed E-state index contributed by atoms with van der Waals surface area (Å²) in [5, 5.41) is 5.39. The van der Waals surface area contributed by atoms with Crippen LogP contribution in [0.4, 0.5) is 0 Å². The van der Waals surface area contributed by atoms with E-state index >= 15 is 0 Å². The number of nitrogens with one attached hydrogen (secondary N) is 2. The van der Waals surface area contributed by atoms with Crippen LogP contribution in [0.2, 0.25) is 0 Å². The molecule has 2 saturated heterocycles. The first-order chi connectivity index (χ1) is 9.94. The number of rotatable bonds is 5. The van der Waals surface area contributed by atoms with E-state index < -0.39 is 27.9 Å². The van der Waals surface area contributed by atoms with Gasteiger partial charge in [-0.1, -0.05) is 6.92 Å². The maximum atomic E-state index is 12.4. The molecule has 21 heavy (non-hydrogen) atoms. The molecule has 1 unspecified atom stereocenters. The quantitative estimate of drug-likeness (QED) is 0.567. The molecular weight excluding hydrogens is 296 g/mol. The van der Waals surface area contributed by atoms with E-state index in [0.717, 1.165) is 30.5 Å². The van der Waals surface area contributed by atoms with Crippen molar-refractivity contribution in [2.75, 3.05) is 45.0 Å². The van der Waals surface area contributed by atoms with E-state index in [2.05, 4.69) is 15.5 Å². The average Bonchev–Trinajstić information content (AvgIpc) is 2.46. The Hall–Kier alpha value is -1.03. The number of hydrogen-bond donors (Lipinski definition) is 2. The molecule has 120 valence electrons. The van der Waals surface area contributed by atoms with Crippen LogP contribution in [0.5, 0.6) is 0 Å². The standard InChI is InChI=1S/C12H22N4O4S/c1-2-10-12(18)14-11(17)9-16(10)21(19,20)8-7-15-5-3-13-4-6-15/h10,13H,2-9H2,1H3,(H,14,17,18). The van der Waals surface area contributed by atoms with Gasteiger partial charge in [-0.2, -0.15) is 4.31 Å². The molecule has 1 atom stereocenters. The molecule has 0 radical (unpaired) electrons. The monoisotopic (exact) mass is 318 g/mol. The molecule has 2 N–H and O–H groups in total. The lowest BCUT2D eigenvalue weighted by Crippen LogP contribution is -2.60. The van der Waals surface area contributed by atoms with E-state index in [9.17, 15) is 18.0 Å². The molecule has 9 heteroatoms. The summed E-state index contributed by atoms with van der Waals surface area (Å²) in [7, 11) is -3.62. The second-order valence-electron chi connectivity index (χ2n) is 5.29. The fourth-order valence-electron chi connectivity index (χ4n) is 2.62. The minimum absolute atomic E-state index is 0.0654. The van der Waals surface area contributed by atoms with Crippen LogP contribution in [0, 0.1) is 0 Å². The summed E-state index contributed by atoms with van der Waals surface area (Å²) in [4.78, 5) is 25.3. The van der Waals surface area contributed by atoms with Gasteiger partial charge >= 0.3 is 0 Å². The number of nitrogens with zero attached hydrogens (tertiary/aromatic N) is 2. The first-order valence-electron chi connectivity index (χ1n) is 7.20. The van der Waals surface area contributed by atoms with Crippen LogP contribution in [0.3, 0.4) is 0 Å². The van der Waals surface area contributed by atoms with E-state index in [0.29, 0.717) is 13.0 Å². The van der Waals surface area contributed by atoms with Gasteiger partial charge in [-0.3, -0.25) is 19.8 Å². The van der Waals surface area contributed by atoms with Gasteiger partial charge in [0.2, 0.25) is 21.8 Å². The Balaban J connectivity index is 2.02. The predicted molar refractivity (Wildman–Crippen MR) is 77.0 cm³/mol. The zero-order chi connectivity index (χ0) is 15.5. The summed E-state index contributed by atoms with van der Waals surface area (Å²) in [5.74, 6) is -1.15. The number of piperazine rings is 2. The van der Waals surface area contributed by atoms with E-state index in [1.54, 1.807) is 6.92 Å². The van der Waals surface area contributed by atoms with Crippen LogP contribution in [0.1, 0.15) is 13.3 Å². The van der Waals surface area contributed by atoms with Crippen LogP contribution in [0.15, 0.2) is 0 Å². The first-order valence-corrected chi connectivity index (χ1v) is 8.81. The maximum Gasteiger partial charge on any atom is 0.245 e. The molecule has 0 aromatic heterocycles. The van der Waals surface area contributed by atoms with Crippen LogP contribution in [-0.4, -0.2) is 80.5 Å². The van der Waals surface area contributed by atoms with Gasteiger partial charge < -0.3 is 5.32 Å². The summed E-state index contributed by atoms with van der Waals surface area (Å²) in [6.07, 6.45) is 0.353. The highest BCUT2D eigenvalue weighted by Gasteiger charge is 2.39. The van der Waals surface area contributed by atoms with Crippen molar-refractivity contribution < 1.29 is 18.0 Å². The summed E-state index contributed by atoms with van der Waals surface area (Å²) in [6.45, 7) is 5.21. The third-order valence-corrected chi connectivity index (χ3v) is 5.63. The number of amides is 2. The Morgan fingerprint density at radius 1 is 1.24 bits per heavy atom. The molecule has 2 fully saturated rings. The minimum atomic E-state index is -3.62. The van der Waals surface area contributed by atoms with Gasteiger partial charge in [0, 0.05) is 32.7 Å². The average molecular weight is 318 g/mol. The van der Waals surface area contributed by atoms with Crippen molar-refractivity contribution in [2.24, 2.45) is 0 Å². The molecule has 2 aliphatic rings. The van der Waals surface area contributed by atoms with Gasteiger partial charge in [-0.25, -0.2) is 8.42 Å². The number of carbonyl (C=O) groups is 2. The van der Waals surface area contributed by atoms with Crippen molar-refractivity contribution in [2.45, 2.75) is 19.4 Å². The Labute approximate surface area is 124 Å². The molecule has 2 aliphatic heterocycles. The summed E-state index contributed by atoms with van der Waals surface area (Å²) < 4.78 is 25.9. The van der Waals surface area contributed by atoms with Gasteiger partial charge in [0.15, 0.2) is 0 Å². The van der Waals surface area contributed by atoms with Gasteiger partial charge in [0.05, 0.1) is 12.3 Å². The molecular formula is C12H22N4O4S. The van der Waals surface area contributed by atoms with Crippen LogP contribution in [-0.2, 0) is 19.6 Å². The van der Waals surface area contributed by atoms with Crippen molar-refractivity contribution in [1.29, 1.82) is 0 Å². The molecule has 0 bridgehead atoms. The Bertz CT molecular complexity index is 501. The van der Waals surface area contributed by atoms with E-state index in [-0.39, 0.29) is 12.3 Å². The zero-order valence-corrected chi connectivity index (χ0v) is 13.0. The van der Waals surface area contributed by atoms with Crippen molar-refractivity contribution in [3.8, 4) is 0 Å². The summed E-state index contributed by atoms with van der Waals surface area (Å²) in [6, 6.07) is -0.782. The lowest BCUT2D eigenvalue weighted by atomic mass is 10.2. The van der Waals surface area contributed by atoms with E-state index in [1.807, 2.05) is 0 Å². The van der Waals surface area contributed by atoms with Crippen LogP contribution >= 0.6 is 0 Å². The molecule has 8 nitrogen and oxygen atoms in total. The molecule has 0 aliphatic carbocycles. The van der Waals surface area contributed by atoms with Gasteiger partial charge in [0.1, 0.15) is 6.04 Å². The SMILES string of the molecule is CCC1C(=O)NC(=O)CN1S(=O)(=O)CCN1CCNCC1. The molecule has 2 rings (SSSR count). The fraction of sp³-hybridized carbons (Fsp3) is 0.833. The topological polar surface area (TPSA) is 98.8 Å². The molecule has 2 amide bonds. The minimum Gasteiger partial charge on any atom is -0.314 e. The largest absolute Gasteiger partial charge is 0.314 e. The van der Waals surface area contributed by atoms with E-state index in [1.165, 1.54) is 0 Å². The third kappa shape index (κ3) is 4.00. The van der Waals surface area contributed by atoms with Crippen LogP contribution in [0.25, 0.3) is 0 Å². The number of sulfonamides is 1. The molecule has 2 heterocycles. The molecule has 0 aromatic carbocycles. The third-order valence-electron chi connectivity index (χ3n) is 3.83. The van der Waals surface area contributed by atoms with Crippen molar-refractivity contribution in [3.05, 3.63) is 0 Å². The van der Waals surface area contributed by atoms with Gasteiger partial charge in [-0.15, -0.1) is 0 Å². The van der Waals surface area contributed by atoms with Crippen molar-refractivity contribution in [1.82, 2.24) is 19.8 Å². The smallest absolute Gasteiger partial charge is 0.245 e. The van der Waals surface area contributed by atoms with Gasteiger partial charge in [-0.05, 0) is 6.42 Å². The van der Waals surface area contributed by atoms with Gasteiger partial charge in [0.25, 0.3) is 0 Å². The fourth-order valence-corrected chi connectivity index (χ4v) is 4.29. The molecule has 0 saturated carbocycles. The molecule has 0 spiro atoms. The highest BCUT2D eigenvalue weighted by atomic mass is 32.2. The molecule has 0 aromatic rings. The second kappa shape index (κ2) is 6.82. The Kier molecular flexibility index (Phi) is 5.31. The van der Waals surface area contributed by atoms with Crippen LogP contribution < -0.4 is 10.6 Å². The summed E-state index contributed by atoms with van der Waals surface area (Å²) >= 11 is 0. The number of carbonyl (C=O) groups excluding carboxylic acids is 2. The second-order valence-corrected chi connectivity index (χ2v) is 7.33.